The molecule has 0 bridgehead atoms. The fourth-order valence-corrected chi connectivity index (χ4v) is 2.75. The molecule has 114 valence electrons. The Morgan fingerprint density at radius 2 is 1.71 bits per heavy atom. The van der Waals surface area contributed by atoms with Crippen molar-refractivity contribution in [1.82, 2.24) is 4.98 Å². The summed E-state index contributed by atoms with van der Waals surface area (Å²) >= 11 is 0. The maximum absolute atomic E-state index is 5.69. The lowest BCUT2D eigenvalue weighted by Crippen LogP contribution is -2.24. The van der Waals surface area contributed by atoms with Gasteiger partial charge in [-0.15, -0.1) is 0 Å². The Morgan fingerprint density at radius 1 is 1.05 bits per heavy atom. The Morgan fingerprint density at radius 3 is 2.33 bits per heavy atom. The van der Waals surface area contributed by atoms with E-state index < -0.39 is 0 Å². The van der Waals surface area contributed by atoms with Gasteiger partial charge in [-0.2, -0.15) is 0 Å². The first-order valence-electron chi connectivity index (χ1n) is 7.96. The summed E-state index contributed by atoms with van der Waals surface area (Å²) in [5.41, 5.74) is 10.7. The van der Waals surface area contributed by atoms with Gasteiger partial charge in [-0.05, 0) is 82.0 Å². The molecule has 2 aromatic rings. The second-order valence-electron chi connectivity index (χ2n) is 5.66. The molecular weight excluding hydrogens is 258 g/mol. The first kappa shape index (κ1) is 15.8. The first-order chi connectivity index (χ1) is 10.1. The average molecular weight is 285 g/mol. The second-order valence-corrected chi connectivity index (χ2v) is 5.66. The summed E-state index contributed by atoms with van der Waals surface area (Å²) in [6.45, 7) is 11.4. The molecule has 0 aliphatic heterocycles. The summed E-state index contributed by atoms with van der Waals surface area (Å²) in [5, 5.41) is 1.24. The van der Waals surface area contributed by atoms with Crippen LogP contribution in [0.1, 0.15) is 37.0 Å². The van der Waals surface area contributed by atoms with Gasteiger partial charge in [0.25, 0.3) is 0 Å². The molecule has 0 radical (unpaired) electrons. The highest BCUT2D eigenvalue weighted by Crippen LogP contribution is 2.26. The molecule has 3 heteroatoms. The van der Waals surface area contributed by atoms with Gasteiger partial charge in [-0.25, -0.2) is 4.98 Å². The van der Waals surface area contributed by atoms with Crippen LogP contribution in [-0.2, 0) is 6.42 Å². The predicted molar refractivity (Wildman–Crippen MR) is 92.2 cm³/mol. The maximum atomic E-state index is 5.69. The lowest BCUT2D eigenvalue weighted by Gasteiger charge is -2.23. The van der Waals surface area contributed by atoms with Crippen LogP contribution in [0, 0.1) is 13.8 Å². The molecule has 1 aromatic heterocycles. The van der Waals surface area contributed by atoms with Crippen molar-refractivity contribution >= 4 is 16.7 Å². The Kier molecular flexibility index (Phi) is 5.18. The number of fused-ring (bicyclic) bond motifs is 1. The number of hydrogen-bond donors (Lipinski definition) is 1. The van der Waals surface area contributed by atoms with Gasteiger partial charge in [0.1, 0.15) is 5.82 Å². The quantitative estimate of drug-likeness (QED) is 0.882. The normalized spacial score (nSPS) is 11.1. The van der Waals surface area contributed by atoms with E-state index in [9.17, 15) is 0 Å². The molecular formula is C18H27N3. The molecule has 0 saturated carbocycles. The third kappa shape index (κ3) is 3.35. The third-order valence-electron chi connectivity index (χ3n) is 4.20. The number of nitrogens with two attached hydrogens (primary N) is 1. The fraction of sp³-hybridized carbons (Fsp3) is 0.500. The Labute approximate surface area is 128 Å². The van der Waals surface area contributed by atoms with E-state index >= 15 is 0 Å². The molecule has 0 spiro atoms. The van der Waals surface area contributed by atoms with E-state index in [1.54, 1.807) is 0 Å². The van der Waals surface area contributed by atoms with E-state index in [4.69, 9.17) is 10.7 Å². The average Bonchev–Trinajstić information content (AvgIpc) is 2.48. The molecule has 0 aliphatic carbocycles. The van der Waals surface area contributed by atoms with Gasteiger partial charge in [0.2, 0.25) is 0 Å². The van der Waals surface area contributed by atoms with E-state index in [-0.39, 0.29) is 0 Å². The predicted octanol–water partition coefficient (Wildman–Crippen LogP) is 3.59. The zero-order chi connectivity index (χ0) is 15.4. The Balaban J connectivity index is 2.59. The van der Waals surface area contributed by atoms with Crippen molar-refractivity contribution in [3.05, 3.63) is 34.9 Å². The monoisotopic (exact) mass is 285 g/mol. The van der Waals surface area contributed by atoms with Gasteiger partial charge < -0.3 is 10.6 Å². The van der Waals surface area contributed by atoms with Gasteiger partial charge in [0.05, 0.1) is 5.52 Å². The summed E-state index contributed by atoms with van der Waals surface area (Å²) in [4.78, 5) is 7.29. The van der Waals surface area contributed by atoms with Crippen LogP contribution in [0.15, 0.2) is 18.2 Å². The van der Waals surface area contributed by atoms with Crippen molar-refractivity contribution in [1.29, 1.82) is 0 Å². The number of pyridine rings is 1. The molecule has 0 saturated heterocycles. The number of nitrogens with zero attached hydrogens (tertiary/aromatic N) is 2. The van der Waals surface area contributed by atoms with Crippen LogP contribution < -0.4 is 10.6 Å². The molecule has 0 unspecified atom stereocenters. The Hall–Kier alpha value is -1.61. The van der Waals surface area contributed by atoms with Crippen LogP contribution in [0.2, 0.25) is 0 Å². The summed E-state index contributed by atoms with van der Waals surface area (Å²) in [5.74, 6) is 1.13. The van der Waals surface area contributed by atoms with E-state index in [1.807, 2.05) is 0 Å². The van der Waals surface area contributed by atoms with Crippen LogP contribution in [-0.4, -0.2) is 24.6 Å². The topological polar surface area (TPSA) is 42.2 Å². The minimum absolute atomic E-state index is 0.725. The number of benzene rings is 1. The largest absolute Gasteiger partial charge is 0.357 e. The van der Waals surface area contributed by atoms with Crippen molar-refractivity contribution < 1.29 is 0 Å². The second kappa shape index (κ2) is 6.90. The number of aryl methyl sites for hydroxylation is 3. The van der Waals surface area contributed by atoms with Gasteiger partial charge in [-0.3, -0.25) is 0 Å². The number of rotatable bonds is 6. The van der Waals surface area contributed by atoms with Crippen molar-refractivity contribution in [2.24, 2.45) is 5.73 Å². The minimum Gasteiger partial charge on any atom is -0.357 e. The minimum atomic E-state index is 0.725. The first-order valence-corrected chi connectivity index (χ1v) is 7.96. The van der Waals surface area contributed by atoms with E-state index in [0.29, 0.717) is 0 Å². The molecule has 1 aromatic carbocycles. The smallest absolute Gasteiger partial charge is 0.132 e. The molecule has 21 heavy (non-hydrogen) atoms. The fourth-order valence-electron chi connectivity index (χ4n) is 2.75. The van der Waals surface area contributed by atoms with Gasteiger partial charge in [-0.1, -0.05) is 0 Å². The van der Waals surface area contributed by atoms with Crippen molar-refractivity contribution in [3.63, 3.8) is 0 Å². The number of aromatic nitrogens is 1. The van der Waals surface area contributed by atoms with E-state index in [2.05, 4.69) is 50.8 Å². The van der Waals surface area contributed by atoms with Gasteiger partial charge in [0.15, 0.2) is 0 Å². The van der Waals surface area contributed by atoms with Crippen LogP contribution >= 0.6 is 0 Å². The number of anilines is 1. The molecule has 0 fully saturated rings. The molecule has 1 heterocycles. The highest BCUT2D eigenvalue weighted by atomic mass is 15.2. The molecule has 0 aliphatic rings. The molecule has 2 rings (SSSR count). The highest BCUT2D eigenvalue weighted by Gasteiger charge is 2.12. The zero-order valence-corrected chi connectivity index (χ0v) is 13.7. The molecule has 0 atom stereocenters. The number of hydrogen-bond acceptors (Lipinski definition) is 3. The van der Waals surface area contributed by atoms with E-state index in [1.165, 1.54) is 22.1 Å². The molecule has 2 N–H and O–H groups in total. The van der Waals surface area contributed by atoms with Crippen molar-refractivity contribution in [2.45, 2.75) is 40.5 Å². The van der Waals surface area contributed by atoms with E-state index in [0.717, 1.165) is 43.8 Å². The highest BCUT2D eigenvalue weighted by molar-refractivity contribution is 5.83. The summed E-state index contributed by atoms with van der Waals surface area (Å²) < 4.78 is 0. The van der Waals surface area contributed by atoms with Crippen LogP contribution in [0.5, 0.6) is 0 Å². The lowest BCUT2D eigenvalue weighted by atomic mass is 10.0. The third-order valence-corrected chi connectivity index (χ3v) is 4.20. The SMILES string of the molecule is CCN(CC)c1nc2cc(C)c(C)cc2cc1CCCN. The zero-order valence-electron chi connectivity index (χ0n) is 13.7. The standard InChI is InChI=1S/C18H27N3/c1-5-21(6-2)18-15(8-7-9-19)12-16-10-13(3)14(4)11-17(16)20-18/h10-12H,5-9,19H2,1-4H3. The van der Waals surface area contributed by atoms with Gasteiger partial charge >= 0.3 is 0 Å². The Bertz CT molecular complexity index is 615. The lowest BCUT2D eigenvalue weighted by molar-refractivity contribution is 0.800. The van der Waals surface area contributed by atoms with Gasteiger partial charge in [0, 0.05) is 18.5 Å². The van der Waals surface area contributed by atoms with Crippen LogP contribution in [0.4, 0.5) is 5.82 Å². The molecule has 3 nitrogen and oxygen atoms in total. The maximum Gasteiger partial charge on any atom is 0.132 e. The van der Waals surface area contributed by atoms with Crippen molar-refractivity contribution in [2.75, 3.05) is 24.5 Å². The summed E-state index contributed by atoms with van der Waals surface area (Å²) in [6, 6.07) is 6.75. The molecule has 0 amide bonds. The van der Waals surface area contributed by atoms with Crippen LogP contribution in [0.25, 0.3) is 10.9 Å². The van der Waals surface area contributed by atoms with Crippen molar-refractivity contribution in [3.8, 4) is 0 Å². The summed E-state index contributed by atoms with van der Waals surface area (Å²) in [6.07, 6.45) is 2.00. The summed E-state index contributed by atoms with van der Waals surface area (Å²) in [7, 11) is 0. The van der Waals surface area contributed by atoms with Crippen LogP contribution in [0.3, 0.4) is 0 Å².